The van der Waals surface area contributed by atoms with Crippen LogP contribution in [0.4, 0.5) is 0 Å². The first-order valence-electron chi connectivity index (χ1n) is 7.60. The van der Waals surface area contributed by atoms with Gasteiger partial charge in [0.05, 0.1) is 24.1 Å². The van der Waals surface area contributed by atoms with Crippen molar-refractivity contribution < 1.29 is 22.5 Å². The molecule has 0 saturated carbocycles. The zero-order valence-corrected chi connectivity index (χ0v) is 14.1. The quantitative estimate of drug-likeness (QED) is 0.847. The Balaban J connectivity index is 1.67. The number of sulfonamides is 1. The van der Waals surface area contributed by atoms with E-state index < -0.39 is 15.6 Å². The maximum Gasteiger partial charge on any atom is 0.292 e. The molecule has 3 rings (SSSR count). The van der Waals surface area contributed by atoms with Gasteiger partial charge in [-0.1, -0.05) is 5.16 Å². The molecule has 128 valence electrons. The van der Waals surface area contributed by atoms with Crippen LogP contribution in [0.15, 0.2) is 10.6 Å². The fourth-order valence-electron chi connectivity index (χ4n) is 3.35. The molecule has 23 heavy (non-hydrogen) atoms. The van der Waals surface area contributed by atoms with E-state index in [0.717, 1.165) is 6.26 Å². The molecular weight excluding hydrogens is 322 g/mol. The van der Waals surface area contributed by atoms with E-state index in [9.17, 15) is 13.2 Å². The third-order valence-electron chi connectivity index (χ3n) is 4.32. The highest BCUT2D eigenvalue weighted by Crippen LogP contribution is 2.35. The number of amides is 1. The first-order valence-corrected chi connectivity index (χ1v) is 9.49. The summed E-state index contributed by atoms with van der Waals surface area (Å²) in [6, 6.07) is 1.46. The summed E-state index contributed by atoms with van der Waals surface area (Å²) in [4.78, 5) is 14.1. The molecule has 0 bridgehead atoms. The highest BCUT2D eigenvalue weighted by molar-refractivity contribution is 7.88. The van der Waals surface area contributed by atoms with E-state index in [4.69, 9.17) is 9.26 Å². The summed E-state index contributed by atoms with van der Waals surface area (Å²) in [6.45, 7) is 3.24. The number of carbonyl (C=O) groups excluding carboxylic acids is 1. The van der Waals surface area contributed by atoms with Gasteiger partial charge in [-0.2, -0.15) is 0 Å². The van der Waals surface area contributed by atoms with Crippen molar-refractivity contribution in [3.8, 4) is 0 Å². The number of ether oxygens (including phenoxy) is 1. The van der Waals surface area contributed by atoms with Gasteiger partial charge in [0.1, 0.15) is 0 Å². The molecule has 1 aromatic heterocycles. The van der Waals surface area contributed by atoms with Crippen LogP contribution in [0.3, 0.4) is 0 Å². The first kappa shape index (κ1) is 16.4. The van der Waals surface area contributed by atoms with Crippen molar-refractivity contribution in [3.05, 3.63) is 17.5 Å². The SMILES string of the molecule is Cc1cc(C(=O)N2CC[C@@]3(C[C@@H](NS(C)(=O)=O)CCO3)C2)on1. The number of nitrogens with zero attached hydrogens (tertiary/aromatic N) is 2. The fourth-order valence-corrected chi connectivity index (χ4v) is 4.16. The Labute approximate surface area is 135 Å². The molecule has 1 aromatic rings. The number of rotatable bonds is 3. The molecule has 2 atom stereocenters. The van der Waals surface area contributed by atoms with Crippen molar-refractivity contribution in [2.45, 2.75) is 37.8 Å². The minimum Gasteiger partial charge on any atom is -0.373 e. The molecule has 2 fully saturated rings. The molecule has 0 aliphatic carbocycles. The zero-order chi connectivity index (χ0) is 16.7. The van der Waals surface area contributed by atoms with Crippen molar-refractivity contribution in [1.29, 1.82) is 0 Å². The number of likely N-dealkylation sites (tertiary alicyclic amines) is 1. The largest absolute Gasteiger partial charge is 0.373 e. The molecule has 2 aliphatic heterocycles. The molecule has 0 aromatic carbocycles. The van der Waals surface area contributed by atoms with Gasteiger partial charge in [-0.3, -0.25) is 4.79 Å². The van der Waals surface area contributed by atoms with E-state index >= 15 is 0 Å². The van der Waals surface area contributed by atoms with Gasteiger partial charge in [-0.25, -0.2) is 13.1 Å². The van der Waals surface area contributed by atoms with E-state index in [1.807, 2.05) is 0 Å². The molecule has 0 radical (unpaired) electrons. The summed E-state index contributed by atoms with van der Waals surface area (Å²) >= 11 is 0. The second-order valence-corrected chi connectivity index (χ2v) is 8.20. The Morgan fingerprint density at radius 3 is 2.96 bits per heavy atom. The Bertz CT molecular complexity index is 701. The highest BCUT2D eigenvalue weighted by Gasteiger charge is 2.45. The normalized spacial score (nSPS) is 28.4. The number of nitrogens with one attached hydrogen (secondary N) is 1. The summed E-state index contributed by atoms with van der Waals surface area (Å²) in [7, 11) is -3.25. The van der Waals surface area contributed by atoms with Gasteiger partial charge in [0.2, 0.25) is 15.8 Å². The lowest BCUT2D eigenvalue weighted by Crippen LogP contribution is -2.50. The van der Waals surface area contributed by atoms with Crippen LogP contribution in [0.5, 0.6) is 0 Å². The first-order chi connectivity index (χ1) is 10.8. The lowest BCUT2D eigenvalue weighted by Gasteiger charge is -2.38. The van der Waals surface area contributed by atoms with Crippen LogP contribution >= 0.6 is 0 Å². The lowest BCUT2D eigenvalue weighted by atomic mass is 9.90. The van der Waals surface area contributed by atoms with Gasteiger partial charge < -0.3 is 14.2 Å². The number of aromatic nitrogens is 1. The van der Waals surface area contributed by atoms with Crippen molar-refractivity contribution in [1.82, 2.24) is 14.8 Å². The van der Waals surface area contributed by atoms with E-state index in [-0.39, 0.29) is 17.7 Å². The number of aryl methyl sites for hydroxylation is 1. The van der Waals surface area contributed by atoms with Crippen LogP contribution < -0.4 is 4.72 Å². The van der Waals surface area contributed by atoms with E-state index in [1.165, 1.54) is 0 Å². The molecule has 9 heteroatoms. The topological polar surface area (TPSA) is 102 Å². The molecule has 1 amide bonds. The fraction of sp³-hybridized carbons (Fsp3) is 0.714. The van der Waals surface area contributed by atoms with E-state index in [0.29, 0.717) is 44.7 Å². The Kier molecular flexibility index (Phi) is 4.19. The van der Waals surface area contributed by atoms with Gasteiger partial charge in [0.15, 0.2) is 0 Å². The summed E-state index contributed by atoms with van der Waals surface area (Å²) in [6.07, 6.45) is 3.06. The van der Waals surface area contributed by atoms with Gasteiger partial charge >= 0.3 is 0 Å². The van der Waals surface area contributed by atoms with Gasteiger partial charge in [-0.05, 0) is 26.2 Å². The van der Waals surface area contributed by atoms with Gasteiger partial charge in [0, 0.05) is 25.3 Å². The standard InChI is InChI=1S/C14H21N3O5S/c1-10-7-12(22-15-10)13(18)17-5-4-14(9-17)8-11(3-6-21-14)16-23(2,19)20/h7,11,16H,3-6,8-9H2,1-2H3/t11-,14+/m0/s1. The van der Waals surface area contributed by atoms with Crippen molar-refractivity contribution in [3.63, 3.8) is 0 Å². The number of carbonyl (C=O) groups is 1. The van der Waals surface area contributed by atoms with E-state index in [2.05, 4.69) is 9.88 Å². The van der Waals surface area contributed by atoms with E-state index in [1.54, 1.807) is 17.9 Å². The van der Waals surface area contributed by atoms with Crippen LogP contribution in [-0.4, -0.2) is 62.0 Å². The van der Waals surface area contributed by atoms with Crippen LogP contribution in [0.1, 0.15) is 35.5 Å². The average Bonchev–Trinajstić information content (AvgIpc) is 3.04. The maximum atomic E-state index is 12.4. The molecule has 1 N–H and O–H groups in total. The van der Waals surface area contributed by atoms with Crippen molar-refractivity contribution in [2.24, 2.45) is 0 Å². The molecule has 0 unspecified atom stereocenters. The van der Waals surface area contributed by atoms with Crippen molar-refractivity contribution >= 4 is 15.9 Å². The Hall–Kier alpha value is -1.45. The van der Waals surface area contributed by atoms with Crippen LogP contribution in [-0.2, 0) is 14.8 Å². The monoisotopic (exact) mass is 343 g/mol. The average molecular weight is 343 g/mol. The Morgan fingerprint density at radius 2 is 2.30 bits per heavy atom. The smallest absolute Gasteiger partial charge is 0.292 e. The molecule has 2 saturated heterocycles. The van der Waals surface area contributed by atoms with Gasteiger partial charge in [0.25, 0.3) is 5.91 Å². The summed E-state index contributed by atoms with van der Waals surface area (Å²) in [5, 5.41) is 3.74. The number of hydrogen-bond acceptors (Lipinski definition) is 6. The number of hydrogen-bond donors (Lipinski definition) is 1. The maximum absolute atomic E-state index is 12.4. The zero-order valence-electron chi connectivity index (χ0n) is 13.2. The van der Waals surface area contributed by atoms with Crippen LogP contribution in [0, 0.1) is 6.92 Å². The third-order valence-corrected chi connectivity index (χ3v) is 5.08. The van der Waals surface area contributed by atoms with Crippen LogP contribution in [0.2, 0.25) is 0 Å². The van der Waals surface area contributed by atoms with Crippen LogP contribution in [0.25, 0.3) is 0 Å². The van der Waals surface area contributed by atoms with Crippen molar-refractivity contribution in [2.75, 3.05) is 26.0 Å². The second kappa shape index (κ2) is 5.88. The molecule has 8 nitrogen and oxygen atoms in total. The predicted octanol–water partition coefficient (Wildman–Crippen LogP) is 0.296. The third kappa shape index (κ3) is 3.73. The molecule has 3 heterocycles. The lowest BCUT2D eigenvalue weighted by molar-refractivity contribution is -0.0763. The summed E-state index contributed by atoms with van der Waals surface area (Å²) < 4.78 is 36.4. The molecule has 2 aliphatic rings. The second-order valence-electron chi connectivity index (χ2n) is 6.42. The summed E-state index contributed by atoms with van der Waals surface area (Å²) in [5.41, 5.74) is 0.180. The predicted molar refractivity (Wildman–Crippen MR) is 81.4 cm³/mol. The molecular formula is C14H21N3O5S. The minimum atomic E-state index is -3.25. The van der Waals surface area contributed by atoms with Gasteiger partial charge in [-0.15, -0.1) is 0 Å². The minimum absolute atomic E-state index is 0.152. The highest BCUT2D eigenvalue weighted by atomic mass is 32.2. The summed E-state index contributed by atoms with van der Waals surface area (Å²) in [5.74, 6) is 0.0189. The Morgan fingerprint density at radius 1 is 1.52 bits per heavy atom. The molecule has 1 spiro atoms.